The second-order valence-corrected chi connectivity index (χ2v) is 6.24. The molecule has 2 rings (SSSR count). The average molecular weight is 312 g/mol. The predicted octanol–water partition coefficient (Wildman–Crippen LogP) is 3.99. The van der Waals surface area contributed by atoms with Crippen molar-refractivity contribution in [2.24, 2.45) is 0 Å². The monoisotopic (exact) mass is 312 g/mol. The van der Waals surface area contributed by atoms with Crippen LogP contribution in [0.1, 0.15) is 35.8 Å². The molecule has 2 aromatic rings. The van der Waals surface area contributed by atoms with Crippen LogP contribution in [-0.4, -0.2) is 17.4 Å². The molecule has 22 heavy (non-hydrogen) atoms. The van der Waals surface area contributed by atoms with Crippen molar-refractivity contribution in [2.75, 3.05) is 6.54 Å². The van der Waals surface area contributed by atoms with E-state index in [1.54, 1.807) is 23.5 Å². The van der Waals surface area contributed by atoms with Crippen LogP contribution in [0, 0.1) is 11.3 Å². The van der Waals surface area contributed by atoms with Crippen LogP contribution in [-0.2, 0) is 17.8 Å². The minimum atomic E-state index is 0.194. The van der Waals surface area contributed by atoms with E-state index in [0.717, 1.165) is 24.9 Å². The number of nitrogens with zero attached hydrogens (tertiary/aromatic N) is 2. The van der Waals surface area contributed by atoms with Crippen molar-refractivity contribution in [1.29, 1.82) is 5.26 Å². The first-order valence-corrected chi connectivity index (χ1v) is 8.40. The van der Waals surface area contributed by atoms with Gasteiger partial charge in [-0.25, -0.2) is 0 Å². The zero-order valence-electron chi connectivity index (χ0n) is 12.8. The van der Waals surface area contributed by atoms with Gasteiger partial charge in [-0.15, -0.1) is 11.3 Å². The van der Waals surface area contributed by atoms with E-state index in [1.807, 2.05) is 28.5 Å². The summed E-state index contributed by atoms with van der Waals surface area (Å²) in [4.78, 5) is 15.6. The van der Waals surface area contributed by atoms with Crippen LogP contribution in [0.4, 0.5) is 0 Å². The van der Waals surface area contributed by atoms with Crippen LogP contribution >= 0.6 is 11.3 Å². The molecule has 0 unspecified atom stereocenters. The van der Waals surface area contributed by atoms with Crippen LogP contribution in [0.2, 0.25) is 0 Å². The predicted molar refractivity (Wildman–Crippen MR) is 89.5 cm³/mol. The molecule has 0 aliphatic carbocycles. The molecule has 0 atom stereocenters. The van der Waals surface area contributed by atoms with Gasteiger partial charge in [0.1, 0.15) is 0 Å². The SMILES string of the molecule is CCCN(Cc1ccc(C#N)cc1)C(=O)CCc1cccs1. The van der Waals surface area contributed by atoms with Crippen molar-refractivity contribution in [3.05, 3.63) is 57.8 Å². The number of hydrogen-bond acceptors (Lipinski definition) is 3. The Hall–Kier alpha value is -2.12. The van der Waals surface area contributed by atoms with Gasteiger partial charge in [0, 0.05) is 24.4 Å². The number of hydrogen-bond donors (Lipinski definition) is 0. The van der Waals surface area contributed by atoms with Gasteiger partial charge < -0.3 is 4.90 Å². The second kappa shape index (κ2) is 8.35. The van der Waals surface area contributed by atoms with E-state index < -0.39 is 0 Å². The van der Waals surface area contributed by atoms with Crippen LogP contribution in [0.25, 0.3) is 0 Å². The van der Waals surface area contributed by atoms with E-state index in [2.05, 4.69) is 19.1 Å². The lowest BCUT2D eigenvalue weighted by atomic mass is 10.1. The van der Waals surface area contributed by atoms with E-state index >= 15 is 0 Å². The fourth-order valence-electron chi connectivity index (χ4n) is 2.31. The minimum Gasteiger partial charge on any atom is -0.338 e. The molecule has 1 aromatic heterocycles. The number of carbonyl (C=O) groups excluding carboxylic acids is 1. The molecule has 0 aliphatic heterocycles. The number of thiophene rings is 1. The molecule has 1 aromatic carbocycles. The van der Waals surface area contributed by atoms with Crippen LogP contribution < -0.4 is 0 Å². The Morgan fingerprint density at radius 2 is 2.05 bits per heavy atom. The first-order valence-electron chi connectivity index (χ1n) is 7.52. The topological polar surface area (TPSA) is 44.1 Å². The van der Waals surface area contributed by atoms with E-state index in [0.29, 0.717) is 18.5 Å². The largest absolute Gasteiger partial charge is 0.338 e. The van der Waals surface area contributed by atoms with Gasteiger partial charge in [0.2, 0.25) is 5.91 Å². The number of carbonyl (C=O) groups is 1. The van der Waals surface area contributed by atoms with Gasteiger partial charge in [-0.05, 0) is 42.0 Å². The van der Waals surface area contributed by atoms with Gasteiger partial charge in [0.15, 0.2) is 0 Å². The van der Waals surface area contributed by atoms with Crippen molar-refractivity contribution in [3.63, 3.8) is 0 Å². The molecule has 1 amide bonds. The van der Waals surface area contributed by atoms with Crippen molar-refractivity contribution in [2.45, 2.75) is 32.7 Å². The van der Waals surface area contributed by atoms with Crippen LogP contribution in [0.5, 0.6) is 0 Å². The van der Waals surface area contributed by atoms with Gasteiger partial charge in [-0.3, -0.25) is 4.79 Å². The third-order valence-electron chi connectivity index (χ3n) is 3.47. The zero-order chi connectivity index (χ0) is 15.8. The van der Waals surface area contributed by atoms with Crippen LogP contribution in [0.3, 0.4) is 0 Å². The van der Waals surface area contributed by atoms with Crippen molar-refractivity contribution >= 4 is 17.2 Å². The van der Waals surface area contributed by atoms with Crippen LogP contribution in [0.15, 0.2) is 41.8 Å². The summed E-state index contributed by atoms with van der Waals surface area (Å²) in [5.41, 5.74) is 1.71. The van der Waals surface area contributed by atoms with Gasteiger partial charge in [-0.1, -0.05) is 25.1 Å². The number of benzene rings is 1. The lowest BCUT2D eigenvalue weighted by molar-refractivity contribution is -0.131. The summed E-state index contributed by atoms with van der Waals surface area (Å²) in [5.74, 6) is 0.194. The summed E-state index contributed by atoms with van der Waals surface area (Å²) < 4.78 is 0. The maximum absolute atomic E-state index is 12.4. The van der Waals surface area contributed by atoms with E-state index in [-0.39, 0.29) is 5.91 Å². The third kappa shape index (κ3) is 4.71. The highest BCUT2D eigenvalue weighted by Crippen LogP contribution is 2.14. The molecule has 0 saturated carbocycles. The van der Waals surface area contributed by atoms with Gasteiger partial charge in [-0.2, -0.15) is 5.26 Å². The first kappa shape index (κ1) is 16.3. The number of amides is 1. The Morgan fingerprint density at radius 1 is 1.27 bits per heavy atom. The van der Waals surface area contributed by atoms with E-state index in [4.69, 9.17) is 5.26 Å². The first-order chi connectivity index (χ1) is 10.7. The number of aryl methyl sites for hydroxylation is 1. The van der Waals surface area contributed by atoms with Gasteiger partial charge >= 0.3 is 0 Å². The Morgan fingerprint density at radius 3 is 2.64 bits per heavy atom. The summed E-state index contributed by atoms with van der Waals surface area (Å²) >= 11 is 1.70. The molecule has 0 N–H and O–H groups in total. The maximum atomic E-state index is 12.4. The molecule has 0 aliphatic rings. The fraction of sp³-hybridized carbons (Fsp3) is 0.333. The summed E-state index contributed by atoms with van der Waals surface area (Å²) in [6.07, 6.45) is 2.31. The maximum Gasteiger partial charge on any atom is 0.223 e. The van der Waals surface area contributed by atoms with Gasteiger partial charge in [0.25, 0.3) is 0 Å². The molecule has 3 nitrogen and oxygen atoms in total. The highest BCUT2D eigenvalue weighted by Gasteiger charge is 2.13. The molecule has 0 bridgehead atoms. The Labute approximate surface area is 135 Å². The smallest absolute Gasteiger partial charge is 0.223 e. The Balaban J connectivity index is 1.95. The van der Waals surface area contributed by atoms with Crippen molar-refractivity contribution in [1.82, 2.24) is 4.90 Å². The zero-order valence-corrected chi connectivity index (χ0v) is 13.6. The molecule has 114 valence electrons. The highest BCUT2D eigenvalue weighted by atomic mass is 32.1. The molecule has 0 saturated heterocycles. The fourth-order valence-corrected chi connectivity index (χ4v) is 3.02. The molecular weight excluding hydrogens is 292 g/mol. The quantitative estimate of drug-likeness (QED) is 0.776. The summed E-state index contributed by atoms with van der Waals surface area (Å²) in [6, 6.07) is 13.7. The summed E-state index contributed by atoms with van der Waals surface area (Å²) in [6.45, 7) is 3.46. The summed E-state index contributed by atoms with van der Waals surface area (Å²) in [7, 11) is 0. The molecular formula is C18H20N2OS. The third-order valence-corrected chi connectivity index (χ3v) is 4.40. The van der Waals surface area contributed by atoms with E-state index in [9.17, 15) is 4.79 Å². The standard InChI is InChI=1S/C18H20N2OS/c1-2-11-20(14-16-7-5-15(13-19)6-8-16)18(21)10-9-17-4-3-12-22-17/h3-8,12H,2,9-11,14H2,1H3. The minimum absolute atomic E-state index is 0.194. The lowest BCUT2D eigenvalue weighted by Gasteiger charge is -2.22. The average Bonchev–Trinajstić information content (AvgIpc) is 3.06. The molecule has 0 radical (unpaired) electrons. The number of nitriles is 1. The lowest BCUT2D eigenvalue weighted by Crippen LogP contribution is -2.31. The molecule has 0 fully saturated rings. The second-order valence-electron chi connectivity index (χ2n) is 5.20. The molecule has 1 heterocycles. The number of rotatable bonds is 7. The molecule has 0 spiro atoms. The van der Waals surface area contributed by atoms with Gasteiger partial charge in [0.05, 0.1) is 11.6 Å². The van der Waals surface area contributed by atoms with E-state index in [1.165, 1.54) is 4.88 Å². The van der Waals surface area contributed by atoms with Crippen molar-refractivity contribution in [3.8, 4) is 6.07 Å². The molecule has 4 heteroatoms. The Bertz CT molecular complexity index is 626. The summed E-state index contributed by atoms with van der Waals surface area (Å²) in [5, 5.41) is 10.9. The Kier molecular flexibility index (Phi) is 6.17. The highest BCUT2D eigenvalue weighted by molar-refractivity contribution is 7.09. The normalized spacial score (nSPS) is 10.2. The van der Waals surface area contributed by atoms with Crippen molar-refractivity contribution < 1.29 is 4.79 Å².